The van der Waals surface area contributed by atoms with Crippen LogP contribution in [-0.4, -0.2) is 28.3 Å². The third-order valence-electron chi connectivity index (χ3n) is 5.62. The Labute approximate surface area is 189 Å². The highest BCUT2D eigenvalue weighted by atomic mass is 19.1. The zero-order chi connectivity index (χ0) is 22.8. The number of amides is 2. The minimum atomic E-state index is -0.343. The predicted molar refractivity (Wildman–Crippen MR) is 124 cm³/mol. The molecule has 0 saturated heterocycles. The van der Waals surface area contributed by atoms with Gasteiger partial charge in [-0.3, -0.25) is 9.59 Å². The molecule has 7 heteroatoms. The van der Waals surface area contributed by atoms with Gasteiger partial charge in [0.2, 0.25) is 5.91 Å². The van der Waals surface area contributed by atoms with Gasteiger partial charge in [0.25, 0.3) is 5.91 Å². The molecule has 0 bridgehead atoms. The number of fused-ring (bicyclic) bond motifs is 1. The second-order valence-corrected chi connectivity index (χ2v) is 7.88. The Morgan fingerprint density at radius 3 is 2.58 bits per heavy atom. The highest BCUT2D eigenvalue weighted by molar-refractivity contribution is 6.07. The van der Waals surface area contributed by atoms with Crippen LogP contribution in [0.1, 0.15) is 21.6 Å². The van der Waals surface area contributed by atoms with Gasteiger partial charge in [0.1, 0.15) is 11.6 Å². The smallest absolute Gasteiger partial charge is 0.253 e. The summed E-state index contributed by atoms with van der Waals surface area (Å²) in [7, 11) is 0. The van der Waals surface area contributed by atoms with Crippen molar-refractivity contribution >= 4 is 17.6 Å². The van der Waals surface area contributed by atoms with Gasteiger partial charge < -0.3 is 15.6 Å². The van der Waals surface area contributed by atoms with Crippen molar-refractivity contribution in [2.24, 2.45) is 0 Å². The van der Waals surface area contributed by atoms with Crippen LogP contribution >= 0.6 is 0 Å². The molecule has 2 aromatic heterocycles. The third-order valence-corrected chi connectivity index (χ3v) is 5.62. The third kappa shape index (κ3) is 4.25. The summed E-state index contributed by atoms with van der Waals surface area (Å²) in [5, 5.41) is 5.73. The topological polar surface area (TPSA) is 86.9 Å². The zero-order valence-corrected chi connectivity index (χ0v) is 17.7. The van der Waals surface area contributed by atoms with Gasteiger partial charge >= 0.3 is 0 Å². The van der Waals surface area contributed by atoms with E-state index in [0.29, 0.717) is 29.9 Å². The van der Waals surface area contributed by atoms with Crippen LogP contribution < -0.4 is 10.6 Å². The fraction of sp³-hybridized carbons (Fsp3) is 0.115. The fourth-order valence-electron chi connectivity index (χ4n) is 4.12. The summed E-state index contributed by atoms with van der Waals surface area (Å²) in [6.07, 6.45) is 2.45. The number of aromatic amines is 1. The molecular weight excluding hydrogens is 419 g/mol. The van der Waals surface area contributed by atoms with Gasteiger partial charge in [-0.15, -0.1) is 0 Å². The number of carbonyl (C=O) groups excluding carboxylic acids is 2. The van der Waals surface area contributed by atoms with Crippen molar-refractivity contribution in [1.29, 1.82) is 0 Å². The predicted octanol–water partition coefficient (Wildman–Crippen LogP) is 4.35. The highest BCUT2D eigenvalue weighted by Crippen LogP contribution is 2.38. The quantitative estimate of drug-likeness (QED) is 0.431. The minimum Gasteiger partial charge on any atom is -0.357 e. The number of pyridine rings is 1. The molecule has 0 atom stereocenters. The number of benzene rings is 2. The standard InChI is InChI=1S/C26H21FN4O2/c27-19-8-6-16(7-9-19)14-22(32)31-21-15-18(10-12-28-21)25-23(17-4-2-1-3-5-17)24-20(30-25)11-13-29-26(24)33/h1-10,12,15,30H,11,13-14H2,(H,29,33)(H,28,31,32). The molecule has 2 aromatic carbocycles. The van der Waals surface area contributed by atoms with Gasteiger partial charge in [0.15, 0.2) is 0 Å². The first-order valence-corrected chi connectivity index (χ1v) is 10.7. The molecule has 1 aliphatic rings. The number of anilines is 1. The number of H-pyrrole nitrogens is 1. The van der Waals surface area contributed by atoms with E-state index >= 15 is 0 Å². The lowest BCUT2D eigenvalue weighted by atomic mass is 9.95. The van der Waals surface area contributed by atoms with Crippen LogP contribution in [0.4, 0.5) is 10.2 Å². The number of aromatic nitrogens is 2. The molecular formula is C26H21FN4O2. The summed E-state index contributed by atoms with van der Waals surface area (Å²) in [6, 6.07) is 19.2. The monoisotopic (exact) mass is 440 g/mol. The van der Waals surface area contributed by atoms with Crippen molar-refractivity contribution in [3.63, 3.8) is 0 Å². The number of rotatable bonds is 5. The van der Waals surface area contributed by atoms with Crippen LogP contribution in [0.25, 0.3) is 22.4 Å². The summed E-state index contributed by atoms with van der Waals surface area (Å²) in [6.45, 7) is 0.584. The Morgan fingerprint density at radius 2 is 1.79 bits per heavy atom. The summed E-state index contributed by atoms with van der Waals surface area (Å²) < 4.78 is 13.1. The molecule has 4 aromatic rings. The molecule has 3 heterocycles. The Balaban J connectivity index is 1.48. The molecule has 0 spiro atoms. The first-order chi connectivity index (χ1) is 16.1. The molecule has 1 aliphatic heterocycles. The Kier molecular flexibility index (Phi) is 5.44. The summed E-state index contributed by atoms with van der Waals surface area (Å²) in [5.74, 6) is -0.292. The van der Waals surface area contributed by atoms with E-state index < -0.39 is 0 Å². The summed E-state index contributed by atoms with van der Waals surface area (Å²) in [4.78, 5) is 32.9. The van der Waals surface area contributed by atoms with Crippen molar-refractivity contribution < 1.29 is 14.0 Å². The largest absolute Gasteiger partial charge is 0.357 e. The Bertz CT molecular complexity index is 1330. The number of hydrogen-bond acceptors (Lipinski definition) is 3. The van der Waals surface area contributed by atoms with E-state index in [0.717, 1.165) is 28.1 Å². The average Bonchev–Trinajstić information content (AvgIpc) is 3.22. The summed E-state index contributed by atoms with van der Waals surface area (Å²) in [5.41, 5.74) is 5.63. The van der Waals surface area contributed by atoms with Gasteiger partial charge in [-0.05, 0) is 35.4 Å². The molecule has 0 unspecified atom stereocenters. The molecule has 3 N–H and O–H groups in total. The first kappa shape index (κ1) is 20.6. The second-order valence-electron chi connectivity index (χ2n) is 7.88. The van der Waals surface area contributed by atoms with Crippen molar-refractivity contribution in [1.82, 2.24) is 15.3 Å². The van der Waals surface area contributed by atoms with Crippen LogP contribution in [0.2, 0.25) is 0 Å². The number of halogens is 1. The van der Waals surface area contributed by atoms with E-state index in [1.807, 2.05) is 36.4 Å². The first-order valence-electron chi connectivity index (χ1n) is 10.7. The van der Waals surface area contributed by atoms with Gasteiger partial charge in [-0.25, -0.2) is 9.37 Å². The molecule has 0 fully saturated rings. The van der Waals surface area contributed by atoms with Crippen LogP contribution in [0, 0.1) is 5.82 Å². The van der Waals surface area contributed by atoms with Crippen LogP contribution in [-0.2, 0) is 17.6 Å². The molecule has 33 heavy (non-hydrogen) atoms. The number of hydrogen-bond donors (Lipinski definition) is 3. The second kappa shape index (κ2) is 8.70. The SMILES string of the molecule is O=C(Cc1ccc(F)cc1)Nc1cc(-c2[nH]c3c(c2-c2ccccc2)C(=O)NCC3)ccn1. The van der Waals surface area contributed by atoms with Gasteiger partial charge in [0.05, 0.1) is 17.7 Å². The Morgan fingerprint density at radius 1 is 1.00 bits per heavy atom. The fourth-order valence-corrected chi connectivity index (χ4v) is 4.12. The Hall–Kier alpha value is -4.26. The van der Waals surface area contributed by atoms with E-state index in [-0.39, 0.29) is 24.1 Å². The van der Waals surface area contributed by atoms with Crippen molar-refractivity contribution in [3.05, 3.63) is 95.6 Å². The van der Waals surface area contributed by atoms with Gasteiger partial charge in [-0.1, -0.05) is 42.5 Å². The van der Waals surface area contributed by atoms with E-state index in [4.69, 9.17) is 0 Å². The van der Waals surface area contributed by atoms with E-state index in [9.17, 15) is 14.0 Å². The van der Waals surface area contributed by atoms with Crippen LogP contribution in [0.3, 0.4) is 0 Å². The highest BCUT2D eigenvalue weighted by Gasteiger charge is 2.27. The average molecular weight is 440 g/mol. The molecule has 2 amide bonds. The van der Waals surface area contributed by atoms with Crippen LogP contribution in [0.15, 0.2) is 72.9 Å². The maximum Gasteiger partial charge on any atom is 0.253 e. The lowest BCUT2D eigenvalue weighted by Crippen LogP contribution is -2.31. The molecule has 164 valence electrons. The van der Waals surface area contributed by atoms with E-state index in [1.165, 1.54) is 12.1 Å². The van der Waals surface area contributed by atoms with Crippen molar-refractivity contribution in [2.75, 3.05) is 11.9 Å². The van der Waals surface area contributed by atoms with Gasteiger partial charge in [0, 0.05) is 36.0 Å². The lowest BCUT2D eigenvalue weighted by Gasteiger charge is -2.14. The molecule has 0 radical (unpaired) electrons. The van der Waals surface area contributed by atoms with Crippen molar-refractivity contribution in [3.8, 4) is 22.4 Å². The molecule has 0 saturated carbocycles. The molecule has 6 nitrogen and oxygen atoms in total. The van der Waals surface area contributed by atoms with E-state index in [2.05, 4.69) is 20.6 Å². The maximum absolute atomic E-state index is 13.1. The van der Waals surface area contributed by atoms with Crippen molar-refractivity contribution in [2.45, 2.75) is 12.8 Å². The summed E-state index contributed by atoms with van der Waals surface area (Å²) >= 11 is 0. The zero-order valence-electron chi connectivity index (χ0n) is 17.7. The number of nitrogens with one attached hydrogen (secondary N) is 3. The lowest BCUT2D eigenvalue weighted by molar-refractivity contribution is -0.115. The van der Waals surface area contributed by atoms with E-state index in [1.54, 1.807) is 24.4 Å². The van der Waals surface area contributed by atoms with Gasteiger partial charge in [-0.2, -0.15) is 0 Å². The normalized spacial score (nSPS) is 12.7. The van der Waals surface area contributed by atoms with Crippen LogP contribution in [0.5, 0.6) is 0 Å². The molecule has 0 aliphatic carbocycles. The maximum atomic E-state index is 13.1. The molecule has 5 rings (SSSR count). The minimum absolute atomic E-state index is 0.0977. The number of nitrogens with zero attached hydrogens (tertiary/aromatic N) is 1. The number of carbonyl (C=O) groups is 2.